The summed E-state index contributed by atoms with van der Waals surface area (Å²) in [5, 5.41) is 21.2. The van der Waals surface area contributed by atoms with Gasteiger partial charge in [-0.1, -0.05) is 0 Å². The van der Waals surface area contributed by atoms with Crippen LogP contribution < -0.4 is 26.2 Å². The predicted molar refractivity (Wildman–Crippen MR) is 171 cm³/mol. The van der Waals surface area contributed by atoms with E-state index in [0.717, 1.165) is 19.1 Å². The summed E-state index contributed by atoms with van der Waals surface area (Å²) in [7, 11) is -3.94. The minimum Gasteiger partial charge on any atom is -0.451 e. The molecule has 0 saturated carbocycles. The molecular formula is C30H39F2N5O11S. The third-order valence-corrected chi connectivity index (χ3v) is 7.61. The second-order valence-electron chi connectivity index (χ2n) is 10.1. The largest absolute Gasteiger partial charge is 0.451 e. The quantitative estimate of drug-likeness (QED) is 0.0422. The molecule has 0 aliphatic carbocycles. The Bertz CT molecular complexity index is 1580. The molecule has 2 aromatic rings. The van der Waals surface area contributed by atoms with Gasteiger partial charge in [0.1, 0.15) is 11.9 Å². The highest BCUT2D eigenvalue weighted by Gasteiger charge is 2.27. The number of benzene rings is 2. The van der Waals surface area contributed by atoms with Crippen LogP contribution in [0.1, 0.15) is 19.4 Å². The van der Waals surface area contributed by atoms with Gasteiger partial charge in [-0.15, -0.1) is 0 Å². The standard InChI is InChI=1S/C30H39F2N5O11S/c1-18(28(41)37-30(33)34)15-20-16-23(31)27(24(32)17-20)48-21-3-5-22(6-4-21)49(43,44)36-8-10-46-12-14-47-13-11-45-9-7-35-29(42)26(40)25(39)19(2)38/h3-6,15-17,25-26,36,39-40H,7-14H2,1-2H3,(H,35,42)(H4,33,34,37,41)/b18-15+/t25-,26+/m0/s1. The van der Waals surface area contributed by atoms with Crippen molar-refractivity contribution in [3.05, 3.63) is 59.2 Å². The number of aliphatic hydroxyl groups is 2. The Morgan fingerprint density at radius 2 is 1.41 bits per heavy atom. The molecule has 2 amide bonds. The van der Waals surface area contributed by atoms with E-state index >= 15 is 0 Å². The SMILES string of the molecule is CC(=O)[C@H](O)[C@@H](O)C(=O)NCCOCCOCCOCCNS(=O)(=O)c1ccc(Oc2c(F)cc(/C=C(\C)C(=O)N=C(N)N)cc2F)cc1. The smallest absolute Gasteiger partial charge is 0.275 e. The number of carbonyl (C=O) groups is 3. The molecule has 19 heteroatoms. The number of rotatable bonds is 21. The number of nitrogens with two attached hydrogens (primary N) is 2. The van der Waals surface area contributed by atoms with E-state index in [4.69, 9.17) is 30.4 Å². The topological polar surface area (TPSA) is 251 Å². The lowest BCUT2D eigenvalue weighted by atomic mass is 10.1. The van der Waals surface area contributed by atoms with Gasteiger partial charge in [-0.3, -0.25) is 14.4 Å². The number of amides is 2. The van der Waals surface area contributed by atoms with Gasteiger partial charge in [0.2, 0.25) is 10.0 Å². The van der Waals surface area contributed by atoms with Gasteiger partial charge in [0, 0.05) is 18.7 Å². The van der Waals surface area contributed by atoms with Gasteiger partial charge in [0.25, 0.3) is 11.8 Å². The average molecular weight is 716 g/mol. The number of ether oxygens (including phenoxy) is 4. The van der Waals surface area contributed by atoms with Crippen LogP contribution in [0.3, 0.4) is 0 Å². The maximum Gasteiger partial charge on any atom is 0.275 e. The molecule has 270 valence electrons. The summed E-state index contributed by atoms with van der Waals surface area (Å²) in [6.45, 7) is 3.30. The molecule has 16 nitrogen and oxygen atoms in total. The summed E-state index contributed by atoms with van der Waals surface area (Å²) >= 11 is 0. The van der Waals surface area contributed by atoms with Crippen LogP contribution in [0.2, 0.25) is 0 Å². The van der Waals surface area contributed by atoms with Crippen LogP contribution in [0.4, 0.5) is 8.78 Å². The van der Waals surface area contributed by atoms with Crippen molar-refractivity contribution in [2.45, 2.75) is 31.0 Å². The van der Waals surface area contributed by atoms with Crippen molar-refractivity contribution >= 4 is 39.7 Å². The van der Waals surface area contributed by atoms with Gasteiger partial charge >= 0.3 is 0 Å². The fourth-order valence-corrected chi connectivity index (χ4v) is 4.69. The molecule has 0 fully saturated rings. The Hall–Kier alpha value is -4.37. The molecule has 0 unspecified atom stereocenters. The van der Waals surface area contributed by atoms with E-state index < -0.39 is 63.2 Å². The van der Waals surface area contributed by atoms with Crippen molar-refractivity contribution in [2.24, 2.45) is 16.5 Å². The van der Waals surface area contributed by atoms with Crippen LogP contribution in [0.5, 0.6) is 11.5 Å². The molecule has 0 heterocycles. The van der Waals surface area contributed by atoms with Crippen LogP contribution in [0.25, 0.3) is 6.08 Å². The van der Waals surface area contributed by atoms with Crippen molar-refractivity contribution in [3.8, 4) is 11.5 Å². The Labute approximate surface area is 281 Å². The average Bonchev–Trinajstić information content (AvgIpc) is 3.03. The summed E-state index contributed by atoms with van der Waals surface area (Å²) in [6.07, 6.45) is -2.47. The number of aliphatic imine (C=N–C) groups is 1. The summed E-state index contributed by atoms with van der Waals surface area (Å²) in [6, 6.07) is 6.70. The van der Waals surface area contributed by atoms with E-state index in [1.54, 1.807) is 0 Å². The number of ketones is 1. The van der Waals surface area contributed by atoms with Crippen LogP contribution in [-0.4, -0.2) is 107 Å². The number of nitrogens with zero attached hydrogens (tertiary/aromatic N) is 1. The van der Waals surface area contributed by atoms with Gasteiger partial charge in [-0.05, 0) is 61.9 Å². The van der Waals surface area contributed by atoms with Crippen molar-refractivity contribution < 1.29 is 60.7 Å². The molecule has 0 aromatic heterocycles. The monoisotopic (exact) mass is 715 g/mol. The van der Waals surface area contributed by atoms with E-state index in [1.165, 1.54) is 37.3 Å². The second-order valence-corrected chi connectivity index (χ2v) is 11.8. The summed E-state index contributed by atoms with van der Waals surface area (Å²) in [5.41, 5.74) is 10.3. The van der Waals surface area contributed by atoms with Crippen LogP contribution in [-0.2, 0) is 38.6 Å². The van der Waals surface area contributed by atoms with Gasteiger partial charge < -0.3 is 45.9 Å². The predicted octanol–water partition coefficient (Wildman–Crippen LogP) is -0.284. The molecule has 0 bridgehead atoms. The zero-order valence-electron chi connectivity index (χ0n) is 26.7. The van der Waals surface area contributed by atoms with Crippen molar-refractivity contribution in [1.29, 1.82) is 0 Å². The number of Topliss-reactive ketones (excluding diaryl/α,β-unsaturated/α-hetero) is 1. The summed E-state index contributed by atoms with van der Waals surface area (Å²) in [4.78, 5) is 37.6. The minimum atomic E-state index is -3.94. The molecule has 0 aliphatic heterocycles. The van der Waals surface area contributed by atoms with Crippen LogP contribution >= 0.6 is 0 Å². The zero-order chi connectivity index (χ0) is 36.6. The highest BCUT2D eigenvalue weighted by molar-refractivity contribution is 7.89. The number of hydrogen-bond acceptors (Lipinski definition) is 11. The first-order valence-electron chi connectivity index (χ1n) is 14.6. The first-order valence-corrected chi connectivity index (χ1v) is 16.1. The Morgan fingerprint density at radius 3 is 1.94 bits per heavy atom. The zero-order valence-corrected chi connectivity index (χ0v) is 27.5. The summed E-state index contributed by atoms with van der Waals surface area (Å²) in [5.74, 6) is -5.80. The van der Waals surface area contributed by atoms with Crippen LogP contribution in [0, 0.1) is 11.6 Å². The normalized spacial score (nSPS) is 13.0. The summed E-state index contributed by atoms with van der Waals surface area (Å²) < 4.78 is 78.0. The van der Waals surface area contributed by atoms with E-state index in [2.05, 4.69) is 15.0 Å². The third kappa shape index (κ3) is 14.3. The van der Waals surface area contributed by atoms with E-state index in [9.17, 15) is 41.8 Å². The number of aliphatic hydroxyl groups excluding tert-OH is 2. The Kier molecular flexibility index (Phi) is 16.8. The molecular weight excluding hydrogens is 676 g/mol. The van der Waals surface area contributed by atoms with Crippen molar-refractivity contribution in [2.75, 3.05) is 52.7 Å². The molecule has 2 rings (SSSR count). The maximum atomic E-state index is 14.6. The van der Waals surface area contributed by atoms with Crippen LogP contribution in [0.15, 0.2) is 51.9 Å². The lowest BCUT2D eigenvalue weighted by Gasteiger charge is -2.15. The number of nitrogens with one attached hydrogen (secondary N) is 2. The highest BCUT2D eigenvalue weighted by atomic mass is 32.2. The number of hydrogen-bond donors (Lipinski definition) is 6. The first kappa shape index (κ1) is 40.8. The van der Waals surface area contributed by atoms with Gasteiger partial charge in [-0.2, -0.15) is 4.99 Å². The fourth-order valence-electron chi connectivity index (χ4n) is 3.67. The van der Waals surface area contributed by atoms with E-state index in [1.807, 2.05) is 0 Å². The molecule has 0 aliphatic rings. The van der Waals surface area contributed by atoms with Gasteiger partial charge in [0.15, 0.2) is 35.2 Å². The first-order chi connectivity index (χ1) is 23.1. The van der Waals surface area contributed by atoms with Crippen molar-refractivity contribution in [1.82, 2.24) is 10.0 Å². The lowest BCUT2D eigenvalue weighted by molar-refractivity contribution is -0.143. The van der Waals surface area contributed by atoms with E-state index in [0.29, 0.717) is 0 Å². The Balaban J connectivity index is 1.68. The minimum absolute atomic E-state index is 0.0137. The molecule has 0 spiro atoms. The maximum absolute atomic E-state index is 14.6. The van der Waals surface area contributed by atoms with Gasteiger partial charge in [0.05, 0.1) is 44.5 Å². The lowest BCUT2D eigenvalue weighted by Crippen LogP contribution is -2.45. The molecule has 0 saturated heterocycles. The number of halogens is 2. The number of sulfonamides is 1. The molecule has 2 aromatic carbocycles. The van der Waals surface area contributed by atoms with Crippen molar-refractivity contribution in [3.63, 3.8) is 0 Å². The molecule has 2 atom stereocenters. The number of carbonyl (C=O) groups excluding carboxylic acids is 3. The number of guanidine groups is 1. The third-order valence-electron chi connectivity index (χ3n) is 6.14. The Morgan fingerprint density at radius 1 is 0.878 bits per heavy atom. The van der Waals surface area contributed by atoms with Gasteiger partial charge in [-0.25, -0.2) is 21.9 Å². The fraction of sp³-hybridized carbons (Fsp3) is 0.400. The second kappa shape index (κ2) is 20.2. The molecule has 0 radical (unpaired) electrons. The molecule has 8 N–H and O–H groups in total. The van der Waals surface area contributed by atoms with E-state index in [-0.39, 0.29) is 74.5 Å². The molecule has 49 heavy (non-hydrogen) atoms. The highest BCUT2D eigenvalue weighted by Crippen LogP contribution is 2.30.